The van der Waals surface area contributed by atoms with E-state index in [1.807, 2.05) is 31.0 Å². The number of rotatable bonds is 4. The lowest BCUT2D eigenvalue weighted by molar-refractivity contribution is -0.132. The molecular weight excluding hydrogens is 300 g/mol. The summed E-state index contributed by atoms with van der Waals surface area (Å²) in [4.78, 5) is 26.4. The van der Waals surface area contributed by atoms with Crippen molar-refractivity contribution in [3.63, 3.8) is 0 Å². The third kappa shape index (κ3) is 3.28. The second-order valence-electron chi connectivity index (χ2n) is 6.52. The molecule has 0 radical (unpaired) electrons. The van der Waals surface area contributed by atoms with Crippen molar-refractivity contribution in [1.82, 2.24) is 9.47 Å². The Hall–Kier alpha value is -2.36. The van der Waals surface area contributed by atoms with Crippen molar-refractivity contribution >= 4 is 5.91 Å². The van der Waals surface area contributed by atoms with Crippen molar-refractivity contribution in [2.75, 3.05) is 7.05 Å². The van der Waals surface area contributed by atoms with E-state index in [9.17, 15) is 9.59 Å². The Kier molecular flexibility index (Phi) is 4.84. The number of nitrogens with zero attached hydrogens (tertiary/aromatic N) is 2. The van der Waals surface area contributed by atoms with Gasteiger partial charge >= 0.3 is 0 Å². The van der Waals surface area contributed by atoms with Crippen molar-refractivity contribution in [3.05, 3.63) is 69.6 Å². The highest BCUT2D eigenvalue weighted by molar-refractivity contribution is 5.76. The maximum Gasteiger partial charge on any atom is 0.250 e. The summed E-state index contributed by atoms with van der Waals surface area (Å²) in [7, 11) is 1.88. The number of pyridine rings is 1. The number of fused-ring (bicyclic) bond motifs is 1. The lowest BCUT2D eigenvalue weighted by Crippen LogP contribution is -2.34. The molecular formula is C20H24N2O2. The van der Waals surface area contributed by atoms with E-state index in [2.05, 4.69) is 18.2 Å². The number of hydrogen-bond donors (Lipinski definition) is 0. The van der Waals surface area contributed by atoms with E-state index in [0.717, 1.165) is 25.0 Å². The van der Waals surface area contributed by atoms with E-state index in [1.54, 1.807) is 16.7 Å². The van der Waals surface area contributed by atoms with Crippen LogP contribution in [0.15, 0.2) is 47.3 Å². The van der Waals surface area contributed by atoms with Gasteiger partial charge in [0.1, 0.15) is 0 Å². The van der Waals surface area contributed by atoms with Crippen molar-refractivity contribution in [3.8, 4) is 0 Å². The van der Waals surface area contributed by atoms with Gasteiger partial charge in [0, 0.05) is 31.8 Å². The number of carbonyl (C=O) groups excluding carboxylic acids is 1. The van der Waals surface area contributed by atoms with Gasteiger partial charge in [-0.25, -0.2) is 0 Å². The van der Waals surface area contributed by atoms with E-state index < -0.39 is 0 Å². The fourth-order valence-electron chi connectivity index (χ4n) is 3.60. The second kappa shape index (κ2) is 7.04. The average molecular weight is 324 g/mol. The SMILES string of the molecule is Cc1cccc(=O)n1CCC(=O)N(C)C1CCCc2ccccc21. The van der Waals surface area contributed by atoms with Gasteiger partial charge in [-0.1, -0.05) is 30.3 Å². The Labute approximate surface area is 142 Å². The minimum Gasteiger partial charge on any atom is -0.339 e. The van der Waals surface area contributed by atoms with Gasteiger partial charge < -0.3 is 9.47 Å². The molecule has 0 saturated heterocycles. The largest absolute Gasteiger partial charge is 0.339 e. The second-order valence-corrected chi connectivity index (χ2v) is 6.52. The third-order valence-corrected chi connectivity index (χ3v) is 5.02. The van der Waals surface area contributed by atoms with Crippen LogP contribution in [0.2, 0.25) is 0 Å². The smallest absolute Gasteiger partial charge is 0.250 e. The van der Waals surface area contributed by atoms with Gasteiger partial charge in [-0.05, 0) is 43.4 Å². The van der Waals surface area contributed by atoms with Crippen LogP contribution in [0.3, 0.4) is 0 Å². The fraction of sp³-hybridized carbons (Fsp3) is 0.400. The highest BCUT2D eigenvalue weighted by atomic mass is 16.2. The summed E-state index contributed by atoms with van der Waals surface area (Å²) < 4.78 is 1.67. The quantitative estimate of drug-likeness (QED) is 0.867. The first-order valence-electron chi connectivity index (χ1n) is 8.58. The molecule has 0 N–H and O–H groups in total. The Morgan fingerprint density at radius 3 is 2.79 bits per heavy atom. The monoisotopic (exact) mass is 324 g/mol. The minimum absolute atomic E-state index is 0.0477. The van der Waals surface area contributed by atoms with Gasteiger partial charge in [0.05, 0.1) is 6.04 Å². The number of amides is 1. The number of carbonyl (C=O) groups is 1. The van der Waals surface area contributed by atoms with Gasteiger partial charge in [0.25, 0.3) is 5.56 Å². The molecule has 1 unspecified atom stereocenters. The molecule has 4 heteroatoms. The van der Waals surface area contributed by atoms with E-state index in [0.29, 0.717) is 13.0 Å². The van der Waals surface area contributed by atoms with E-state index in [-0.39, 0.29) is 17.5 Å². The number of benzene rings is 1. The van der Waals surface area contributed by atoms with Crippen LogP contribution in [0.1, 0.15) is 42.1 Å². The summed E-state index contributed by atoms with van der Waals surface area (Å²) in [6.07, 6.45) is 3.55. The van der Waals surface area contributed by atoms with Crippen molar-refractivity contribution in [2.45, 2.75) is 45.2 Å². The summed E-state index contributed by atoms with van der Waals surface area (Å²) in [6.45, 7) is 2.33. The molecule has 1 aromatic heterocycles. The molecule has 1 amide bonds. The van der Waals surface area contributed by atoms with Gasteiger partial charge in [-0.15, -0.1) is 0 Å². The molecule has 1 aliphatic carbocycles. The summed E-state index contributed by atoms with van der Waals surface area (Å²) in [6, 6.07) is 13.7. The Balaban J connectivity index is 1.71. The predicted molar refractivity (Wildman–Crippen MR) is 94.9 cm³/mol. The minimum atomic E-state index is -0.0477. The van der Waals surface area contributed by atoms with Crippen LogP contribution >= 0.6 is 0 Å². The molecule has 0 bridgehead atoms. The maximum absolute atomic E-state index is 12.7. The van der Waals surface area contributed by atoms with E-state index in [1.165, 1.54) is 11.1 Å². The van der Waals surface area contributed by atoms with Crippen molar-refractivity contribution in [1.29, 1.82) is 0 Å². The summed E-state index contributed by atoms with van der Waals surface area (Å²) in [5.74, 6) is 0.0897. The van der Waals surface area contributed by atoms with Crippen molar-refractivity contribution < 1.29 is 4.79 Å². The Morgan fingerprint density at radius 2 is 2.00 bits per heavy atom. The molecule has 1 heterocycles. The van der Waals surface area contributed by atoms with Crippen LogP contribution in [0.5, 0.6) is 0 Å². The van der Waals surface area contributed by atoms with Crippen LogP contribution in [0, 0.1) is 6.92 Å². The molecule has 0 aliphatic heterocycles. The van der Waals surface area contributed by atoms with Crippen LogP contribution in [0.4, 0.5) is 0 Å². The van der Waals surface area contributed by atoms with Crippen molar-refractivity contribution in [2.24, 2.45) is 0 Å². The van der Waals surface area contributed by atoms with Crippen LogP contribution < -0.4 is 5.56 Å². The standard InChI is InChI=1S/C20H24N2O2/c1-15-7-5-12-20(24)22(15)14-13-19(23)21(2)18-11-6-9-16-8-3-4-10-17(16)18/h3-5,7-8,10,12,18H,6,9,11,13-14H2,1-2H3. The Bertz CT molecular complexity index is 794. The zero-order valence-corrected chi connectivity index (χ0v) is 14.4. The molecule has 126 valence electrons. The predicted octanol–water partition coefficient (Wildman–Crippen LogP) is 3.08. The van der Waals surface area contributed by atoms with E-state index in [4.69, 9.17) is 0 Å². The molecule has 24 heavy (non-hydrogen) atoms. The molecule has 2 aromatic rings. The zero-order chi connectivity index (χ0) is 17.1. The first kappa shape index (κ1) is 16.5. The van der Waals surface area contributed by atoms with Crippen LogP contribution in [-0.4, -0.2) is 22.4 Å². The topological polar surface area (TPSA) is 42.3 Å². The molecule has 0 saturated carbocycles. The molecule has 1 atom stereocenters. The lowest BCUT2D eigenvalue weighted by Gasteiger charge is -2.33. The van der Waals surface area contributed by atoms with Gasteiger partial charge in [0.15, 0.2) is 0 Å². The lowest BCUT2D eigenvalue weighted by atomic mass is 9.87. The highest BCUT2D eigenvalue weighted by Gasteiger charge is 2.26. The molecule has 0 spiro atoms. The van der Waals surface area contributed by atoms with Crippen LogP contribution in [0.25, 0.3) is 0 Å². The molecule has 1 aliphatic rings. The molecule has 3 rings (SSSR count). The van der Waals surface area contributed by atoms with Crippen LogP contribution in [-0.2, 0) is 17.8 Å². The first-order chi connectivity index (χ1) is 11.6. The first-order valence-corrected chi connectivity index (χ1v) is 8.58. The molecule has 0 fully saturated rings. The van der Waals surface area contributed by atoms with Gasteiger partial charge in [0.2, 0.25) is 5.91 Å². The van der Waals surface area contributed by atoms with Gasteiger partial charge in [-0.3, -0.25) is 9.59 Å². The Morgan fingerprint density at radius 1 is 1.21 bits per heavy atom. The third-order valence-electron chi connectivity index (χ3n) is 5.02. The number of hydrogen-bond acceptors (Lipinski definition) is 2. The highest BCUT2D eigenvalue weighted by Crippen LogP contribution is 2.33. The number of aromatic nitrogens is 1. The normalized spacial score (nSPS) is 16.5. The van der Waals surface area contributed by atoms with E-state index >= 15 is 0 Å². The summed E-state index contributed by atoms with van der Waals surface area (Å²) in [5, 5.41) is 0. The fourth-order valence-corrected chi connectivity index (χ4v) is 3.60. The molecule has 1 aromatic carbocycles. The number of aryl methyl sites for hydroxylation is 2. The van der Waals surface area contributed by atoms with Gasteiger partial charge in [-0.2, -0.15) is 0 Å². The summed E-state index contributed by atoms with van der Waals surface area (Å²) >= 11 is 0. The molecule has 4 nitrogen and oxygen atoms in total. The maximum atomic E-state index is 12.7. The average Bonchev–Trinajstić information content (AvgIpc) is 2.60. The summed E-state index contributed by atoms with van der Waals surface area (Å²) in [5.41, 5.74) is 3.46. The zero-order valence-electron chi connectivity index (χ0n) is 14.4.